The maximum Gasteiger partial charge on any atom is 0.240 e. The van der Waals surface area contributed by atoms with Crippen LogP contribution in [0.2, 0.25) is 5.02 Å². The number of benzene rings is 1. The van der Waals surface area contributed by atoms with Gasteiger partial charge in [-0.15, -0.1) is 0 Å². The van der Waals surface area contributed by atoms with Gasteiger partial charge in [0.05, 0.1) is 6.04 Å². The third kappa shape index (κ3) is 3.57. The molecule has 2 heterocycles. The second-order valence-corrected chi connectivity index (χ2v) is 6.27. The number of likely N-dealkylation sites (tertiary alicyclic amines) is 1. The number of carbonyl (C=O) groups excluding carboxylic acids is 1. The lowest BCUT2D eigenvalue weighted by atomic mass is 10.1. The van der Waals surface area contributed by atoms with Gasteiger partial charge in [-0.3, -0.25) is 9.69 Å². The third-order valence-corrected chi connectivity index (χ3v) is 4.63. The molecular formula is C16H22ClN3O. The Morgan fingerprint density at radius 1 is 1.19 bits per heavy atom. The van der Waals surface area contributed by atoms with Crippen molar-refractivity contribution < 1.29 is 4.79 Å². The van der Waals surface area contributed by atoms with Crippen LogP contribution in [0.3, 0.4) is 0 Å². The summed E-state index contributed by atoms with van der Waals surface area (Å²) in [4.78, 5) is 17.0. The molecule has 2 fully saturated rings. The summed E-state index contributed by atoms with van der Waals surface area (Å²) in [7, 11) is 0. The summed E-state index contributed by atoms with van der Waals surface area (Å²) >= 11 is 5.93. The quantitative estimate of drug-likeness (QED) is 0.924. The Morgan fingerprint density at radius 2 is 1.90 bits per heavy atom. The number of carbonyl (C=O) groups is 1. The van der Waals surface area contributed by atoms with Crippen LogP contribution in [-0.4, -0.2) is 54.5 Å². The van der Waals surface area contributed by atoms with Gasteiger partial charge in [-0.1, -0.05) is 23.7 Å². The molecule has 114 valence electrons. The molecule has 0 aromatic heterocycles. The Morgan fingerprint density at radius 3 is 2.62 bits per heavy atom. The van der Waals surface area contributed by atoms with Gasteiger partial charge in [-0.05, 0) is 37.1 Å². The summed E-state index contributed by atoms with van der Waals surface area (Å²) in [6, 6.07) is 7.99. The molecule has 1 aromatic carbocycles. The highest BCUT2D eigenvalue weighted by Crippen LogP contribution is 2.22. The van der Waals surface area contributed by atoms with E-state index >= 15 is 0 Å². The fraction of sp³-hybridized carbons (Fsp3) is 0.562. The molecule has 5 heteroatoms. The van der Waals surface area contributed by atoms with Gasteiger partial charge < -0.3 is 10.2 Å². The van der Waals surface area contributed by atoms with E-state index in [4.69, 9.17) is 11.6 Å². The number of hydrogen-bond donors (Lipinski definition) is 1. The molecule has 21 heavy (non-hydrogen) atoms. The van der Waals surface area contributed by atoms with Crippen molar-refractivity contribution in [2.24, 2.45) is 0 Å². The van der Waals surface area contributed by atoms with E-state index in [1.54, 1.807) is 0 Å². The molecule has 2 aliphatic rings. The van der Waals surface area contributed by atoms with Crippen molar-refractivity contribution >= 4 is 17.5 Å². The van der Waals surface area contributed by atoms with Crippen molar-refractivity contribution in [2.75, 3.05) is 32.7 Å². The van der Waals surface area contributed by atoms with Crippen LogP contribution in [-0.2, 0) is 11.3 Å². The summed E-state index contributed by atoms with van der Waals surface area (Å²) in [5.41, 5.74) is 1.22. The zero-order chi connectivity index (χ0) is 14.7. The van der Waals surface area contributed by atoms with E-state index in [0.29, 0.717) is 5.91 Å². The lowest BCUT2D eigenvalue weighted by Gasteiger charge is -2.33. The van der Waals surface area contributed by atoms with E-state index in [9.17, 15) is 4.79 Å². The lowest BCUT2D eigenvalue weighted by Crippen LogP contribution is -2.52. The molecule has 1 atom stereocenters. The van der Waals surface area contributed by atoms with Gasteiger partial charge in [0.2, 0.25) is 5.91 Å². The molecule has 0 spiro atoms. The number of rotatable bonds is 3. The highest BCUT2D eigenvalue weighted by atomic mass is 35.5. The number of nitrogens with one attached hydrogen (secondary N) is 1. The SMILES string of the molecule is O=C(C1CCCN1Cc1ccc(Cl)cc1)N1CCNCC1. The first-order valence-corrected chi connectivity index (χ1v) is 8.10. The molecule has 4 nitrogen and oxygen atoms in total. The second kappa shape index (κ2) is 6.77. The van der Waals surface area contributed by atoms with Crippen molar-refractivity contribution in [3.63, 3.8) is 0 Å². The van der Waals surface area contributed by atoms with E-state index in [0.717, 1.165) is 57.1 Å². The van der Waals surface area contributed by atoms with E-state index < -0.39 is 0 Å². The minimum absolute atomic E-state index is 0.0544. The van der Waals surface area contributed by atoms with Gasteiger partial charge in [0.25, 0.3) is 0 Å². The summed E-state index contributed by atoms with van der Waals surface area (Å²) in [5, 5.41) is 4.05. The second-order valence-electron chi connectivity index (χ2n) is 5.83. The van der Waals surface area contributed by atoms with Crippen molar-refractivity contribution in [3.8, 4) is 0 Å². The zero-order valence-electron chi connectivity index (χ0n) is 12.2. The number of nitrogens with zero attached hydrogens (tertiary/aromatic N) is 2. The molecule has 1 aromatic rings. The highest BCUT2D eigenvalue weighted by molar-refractivity contribution is 6.30. The van der Waals surface area contributed by atoms with Crippen LogP contribution >= 0.6 is 11.6 Å². The maximum atomic E-state index is 12.7. The maximum absolute atomic E-state index is 12.7. The monoisotopic (exact) mass is 307 g/mol. The summed E-state index contributed by atoms with van der Waals surface area (Å²) in [6.45, 7) is 5.34. The average molecular weight is 308 g/mol. The largest absolute Gasteiger partial charge is 0.339 e. The minimum atomic E-state index is 0.0544. The number of amides is 1. The van der Waals surface area contributed by atoms with Gasteiger partial charge in [0, 0.05) is 37.7 Å². The number of halogens is 1. The molecule has 1 N–H and O–H groups in total. The topological polar surface area (TPSA) is 35.6 Å². The first-order valence-electron chi connectivity index (χ1n) is 7.72. The summed E-state index contributed by atoms with van der Waals surface area (Å²) < 4.78 is 0. The fourth-order valence-corrected chi connectivity index (χ4v) is 3.34. The van der Waals surface area contributed by atoms with E-state index in [2.05, 4.69) is 10.2 Å². The number of hydrogen-bond acceptors (Lipinski definition) is 3. The summed E-state index contributed by atoms with van der Waals surface area (Å²) in [6.07, 6.45) is 2.09. The van der Waals surface area contributed by atoms with Gasteiger partial charge >= 0.3 is 0 Å². The molecule has 3 rings (SSSR count). The molecule has 1 amide bonds. The number of piperazine rings is 1. The molecule has 0 saturated carbocycles. The Bertz CT molecular complexity index is 485. The molecule has 1 unspecified atom stereocenters. The fourth-order valence-electron chi connectivity index (χ4n) is 3.22. The summed E-state index contributed by atoms with van der Waals surface area (Å²) in [5.74, 6) is 0.308. The van der Waals surface area contributed by atoms with Crippen LogP contribution in [0, 0.1) is 0 Å². The molecule has 0 bridgehead atoms. The smallest absolute Gasteiger partial charge is 0.240 e. The van der Waals surface area contributed by atoms with Gasteiger partial charge in [-0.25, -0.2) is 0 Å². The van der Waals surface area contributed by atoms with Crippen LogP contribution in [0.4, 0.5) is 0 Å². The first kappa shape index (κ1) is 14.8. The van der Waals surface area contributed by atoms with E-state index in [1.807, 2.05) is 29.2 Å². The van der Waals surface area contributed by atoms with Crippen LogP contribution in [0.25, 0.3) is 0 Å². The van der Waals surface area contributed by atoms with Crippen LogP contribution in [0.15, 0.2) is 24.3 Å². The third-order valence-electron chi connectivity index (χ3n) is 4.38. The first-order chi connectivity index (χ1) is 10.2. The van der Waals surface area contributed by atoms with Gasteiger partial charge in [-0.2, -0.15) is 0 Å². The van der Waals surface area contributed by atoms with Crippen LogP contribution in [0.1, 0.15) is 18.4 Å². The van der Waals surface area contributed by atoms with Crippen LogP contribution < -0.4 is 5.32 Å². The Hall–Kier alpha value is -1.10. The molecule has 0 aliphatic carbocycles. The van der Waals surface area contributed by atoms with E-state index in [1.165, 1.54) is 5.56 Å². The minimum Gasteiger partial charge on any atom is -0.339 e. The predicted molar refractivity (Wildman–Crippen MR) is 84.3 cm³/mol. The molecule has 2 aliphatic heterocycles. The van der Waals surface area contributed by atoms with Crippen molar-refractivity contribution in [1.29, 1.82) is 0 Å². The van der Waals surface area contributed by atoms with Gasteiger partial charge in [0.1, 0.15) is 0 Å². The molecular weight excluding hydrogens is 286 g/mol. The Kier molecular flexibility index (Phi) is 4.78. The van der Waals surface area contributed by atoms with Crippen LogP contribution in [0.5, 0.6) is 0 Å². The average Bonchev–Trinajstić information content (AvgIpc) is 2.98. The highest BCUT2D eigenvalue weighted by Gasteiger charge is 2.33. The van der Waals surface area contributed by atoms with Crippen molar-refractivity contribution in [1.82, 2.24) is 15.1 Å². The molecule has 2 saturated heterocycles. The Labute approximate surface area is 131 Å². The standard InChI is InChI=1S/C16H22ClN3O/c17-14-5-3-13(4-6-14)12-20-9-1-2-15(20)16(21)19-10-7-18-8-11-19/h3-6,15,18H,1-2,7-12H2. The van der Waals surface area contributed by atoms with E-state index in [-0.39, 0.29) is 6.04 Å². The zero-order valence-corrected chi connectivity index (χ0v) is 13.0. The Balaban J connectivity index is 1.64. The normalized spacial score (nSPS) is 23.5. The predicted octanol–water partition coefficient (Wildman–Crippen LogP) is 1.74. The van der Waals surface area contributed by atoms with Gasteiger partial charge in [0.15, 0.2) is 0 Å². The van der Waals surface area contributed by atoms with Crippen molar-refractivity contribution in [3.05, 3.63) is 34.9 Å². The molecule has 0 radical (unpaired) electrons. The van der Waals surface area contributed by atoms with Crippen molar-refractivity contribution in [2.45, 2.75) is 25.4 Å². The lowest BCUT2D eigenvalue weighted by molar-refractivity contribution is -0.136.